The quantitative estimate of drug-likeness (QED) is 0.692. The Kier molecular flexibility index (Phi) is 5.60. The standard InChI is InChI=1S/C9H12N2.C2H6/c1-4-5-6-9-7(2)8(3)10-11-9;1-2/h4-6H,1H2,2-3H3,(H,10,11);1-2H3/b6-5-;. The molecule has 0 saturated heterocycles. The summed E-state index contributed by atoms with van der Waals surface area (Å²) in [5.74, 6) is 0. The fourth-order valence-corrected chi connectivity index (χ4v) is 0.825. The number of aryl methyl sites for hydroxylation is 1. The molecule has 0 radical (unpaired) electrons. The second kappa shape index (κ2) is 6.23. The van der Waals surface area contributed by atoms with Crippen molar-refractivity contribution in [2.45, 2.75) is 27.7 Å². The summed E-state index contributed by atoms with van der Waals surface area (Å²) in [7, 11) is 0. The van der Waals surface area contributed by atoms with Crippen LogP contribution in [0, 0.1) is 13.8 Å². The average Bonchev–Trinajstić information content (AvgIpc) is 2.48. The lowest BCUT2D eigenvalue weighted by Gasteiger charge is -1.86. The van der Waals surface area contributed by atoms with Crippen molar-refractivity contribution >= 4 is 6.08 Å². The highest BCUT2D eigenvalue weighted by molar-refractivity contribution is 5.51. The minimum atomic E-state index is 0.988. The predicted molar refractivity (Wildman–Crippen MR) is 58.6 cm³/mol. The number of hydrogen-bond acceptors (Lipinski definition) is 1. The van der Waals surface area contributed by atoms with Crippen molar-refractivity contribution in [3.63, 3.8) is 0 Å². The van der Waals surface area contributed by atoms with E-state index >= 15 is 0 Å². The average molecular weight is 178 g/mol. The molecule has 1 rings (SSSR count). The number of nitrogens with one attached hydrogen (secondary N) is 1. The second-order valence-electron chi connectivity index (χ2n) is 2.45. The molecule has 0 atom stereocenters. The van der Waals surface area contributed by atoms with Gasteiger partial charge in [0.25, 0.3) is 0 Å². The number of allylic oxidation sites excluding steroid dienone is 2. The smallest absolute Gasteiger partial charge is 0.0880 e. The van der Waals surface area contributed by atoms with Crippen LogP contribution in [0.2, 0.25) is 0 Å². The van der Waals surface area contributed by atoms with Gasteiger partial charge < -0.3 is 0 Å². The van der Waals surface area contributed by atoms with Crippen LogP contribution in [0.15, 0.2) is 18.7 Å². The Morgan fingerprint density at radius 2 is 1.92 bits per heavy atom. The van der Waals surface area contributed by atoms with E-state index in [1.807, 2.05) is 39.8 Å². The Balaban J connectivity index is 0.000000671. The van der Waals surface area contributed by atoms with Crippen molar-refractivity contribution in [3.8, 4) is 0 Å². The summed E-state index contributed by atoms with van der Waals surface area (Å²) in [6.07, 6.45) is 5.55. The SMILES string of the molecule is C=C/C=C\c1n[nH]c(C)c1C.CC. The predicted octanol–water partition coefficient (Wildman–Crippen LogP) is 3.25. The van der Waals surface area contributed by atoms with Crippen LogP contribution in [0.3, 0.4) is 0 Å². The summed E-state index contributed by atoms with van der Waals surface area (Å²) in [6.45, 7) is 11.6. The molecule has 2 heteroatoms. The van der Waals surface area contributed by atoms with Crippen molar-refractivity contribution in [2.24, 2.45) is 0 Å². The zero-order valence-electron chi connectivity index (χ0n) is 8.89. The minimum absolute atomic E-state index is 0.988. The molecule has 0 bridgehead atoms. The van der Waals surface area contributed by atoms with Crippen molar-refractivity contribution in [3.05, 3.63) is 35.7 Å². The van der Waals surface area contributed by atoms with Crippen LogP contribution in [-0.2, 0) is 0 Å². The highest BCUT2D eigenvalue weighted by atomic mass is 15.1. The fraction of sp³-hybridized carbons (Fsp3) is 0.364. The van der Waals surface area contributed by atoms with Crippen LogP contribution in [0.4, 0.5) is 0 Å². The van der Waals surface area contributed by atoms with E-state index in [-0.39, 0.29) is 0 Å². The summed E-state index contributed by atoms with van der Waals surface area (Å²) in [5, 5.41) is 7.00. The molecular formula is C11H18N2. The van der Waals surface area contributed by atoms with Crippen LogP contribution in [0.25, 0.3) is 6.08 Å². The van der Waals surface area contributed by atoms with E-state index in [0.717, 1.165) is 11.4 Å². The van der Waals surface area contributed by atoms with Crippen molar-refractivity contribution in [2.75, 3.05) is 0 Å². The van der Waals surface area contributed by atoms with Gasteiger partial charge in [-0.3, -0.25) is 5.10 Å². The summed E-state index contributed by atoms with van der Waals surface area (Å²) in [5.41, 5.74) is 3.30. The van der Waals surface area contributed by atoms with Gasteiger partial charge in [0.1, 0.15) is 0 Å². The first-order valence-electron chi connectivity index (χ1n) is 4.56. The molecule has 1 N–H and O–H groups in total. The van der Waals surface area contributed by atoms with Crippen molar-refractivity contribution < 1.29 is 0 Å². The number of rotatable bonds is 2. The number of aromatic nitrogens is 2. The zero-order valence-corrected chi connectivity index (χ0v) is 8.89. The van der Waals surface area contributed by atoms with Crippen molar-refractivity contribution in [1.82, 2.24) is 10.2 Å². The van der Waals surface area contributed by atoms with E-state index in [1.54, 1.807) is 6.08 Å². The monoisotopic (exact) mass is 178 g/mol. The summed E-state index contributed by atoms with van der Waals surface area (Å²) in [4.78, 5) is 0. The van der Waals surface area contributed by atoms with Crippen LogP contribution < -0.4 is 0 Å². The molecule has 0 saturated carbocycles. The highest BCUT2D eigenvalue weighted by Crippen LogP contribution is 2.09. The van der Waals surface area contributed by atoms with E-state index in [4.69, 9.17) is 0 Å². The van der Waals surface area contributed by atoms with Crippen LogP contribution in [0.1, 0.15) is 30.8 Å². The maximum Gasteiger partial charge on any atom is 0.0880 e. The van der Waals surface area contributed by atoms with Gasteiger partial charge in [-0.15, -0.1) is 0 Å². The normalized spacial score (nSPS) is 9.54. The Labute approximate surface area is 80.4 Å². The molecule has 72 valence electrons. The van der Waals surface area contributed by atoms with Crippen LogP contribution in [0.5, 0.6) is 0 Å². The molecular weight excluding hydrogens is 160 g/mol. The zero-order chi connectivity index (χ0) is 10.3. The number of hydrogen-bond donors (Lipinski definition) is 1. The third-order valence-corrected chi connectivity index (χ3v) is 1.68. The van der Waals surface area contributed by atoms with E-state index in [1.165, 1.54) is 5.56 Å². The first kappa shape index (κ1) is 11.7. The molecule has 1 aromatic heterocycles. The van der Waals surface area contributed by atoms with Crippen LogP contribution >= 0.6 is 0 Å². The Hall–Kier alpha value is -1.31. The maximum absolute atomic E-state index is 4.09. The molecule has 0 aliphatic carbocycles. The summed E-state index contributed by atoms with van der Waals surface area (Å²) in [6, 6.07) is 0. The van der Waals surface area contributed by atoms with Gasteiger partial charge in [-0.05, 0) is 25.5 Å². The van der Waals surface area contributed by atoms with E-state index in [0.29, 0.717) is 0 Å². The van der Waals surface area contributed by atoms with Crippen LogP contribution in [-0.4, -0.2) is 10.2 Å². The molecule has 0 amide bonds. The lowest BCUT2D eigenvalue weighted by Crippen LogP contribution is -1.75. The number of H-pyrrole nitrogens is 1. The van der Waals surface area contributed by atoms with Gasteiger partial charge in [-0.1, -0.05) is 32.6 Å². The third kappa shape index (κ3) is 3.28. The fourth-order valence-electron chi connectivity index (χ4n) is 0.825. The molecule has 0 aliphatic heterocycles. The molecule has 0 spiro atoms. The topological polar surface area (TPSA) is 28.7 Å². The van der Waals surface area contributed by atoms with Crippen molar-refractivity contribution in [1.29, 1.82) is 0 Å². The van der Waals surface area contributed by atoms with Gasteiger partial charge in [-0.25, -0.2) is 0 Å². The van der Waals surface area contributed by atoms with Gasteiger partial charge in [0.05, 0.1) is 5.69 Å². The lowest BCUT2D eigenvalue weighted by atomic mass is 10.2. The molecule has 1 heterocycles. The van der Waals surface area contributed by atoms with Gasteiger partial charge in [0.2, 0.25) is 0 Å². The maximum atomic E-state index is 4.09. The van der Waals surface area contributed by atoms with Gasteiger partial charge in [-0.2, -0.15) is 5.10 Å². The molecule has 2 nitrogen and oxygen atoms in total. The van der Waals surface area contributed by atoms with Gasteiger partial charge >= 0.3 is 0 Å². The molecule has 0 aliphatic rings. The summed E-state index contributed by atoms with van der Waals surface area (Å²) < 4.78 is 0. The van der Waals surface area contributed by atoms with E-state index in [2.05, 4.69) is 16.8 Å². The second-order valence-corrected chi connectivity index (χ2v) is 2.45. The Morgan fingerprint density at radius 3 is 2.31 bits per heavy atom. The number of nitrogens with zero attached hydrogens (tertiary/aromatic N) is 1. The minimum Gasteiger partial charge on any atom is -0.282 e. The van der Waals surface area contributed by atoms with E-state index in [9.17, 15) is 0 Å². The number of aromatic amines is 1. The molecule has 1 aromatic rings. The molecule has 0 aromatic carbocycles. The molecule has 0 fully saturated rings. The summed E-state index contributed by atoms with van der Waals surface area (Å²) >= 11 is 0. The largest absolute Gasteiger partial charge is 0.282 e. The molecule has 0 unspecified atom stereocenters. The van der Waals surface area contributed by atoms with E-state index < -0.39 is 0 Å². The Bertz CT molecular complexity index is 282. The van der Waals surface area contributed by atoms with Gasteiger partial charge in [0.15, 0.2) is 0 Å². The molecule has 13 heavy (non-hydrogen) atoms. The highest BCUT2D eigenvalue weighted by Gasteiger charge is 1.99. The Morgan fingerprint density at radius 1 is 1.31 bits per heavy atom. The van der Waals surface area contributed by atoms with Gasteiger partial charge in [0, 0.05) is 5.69 Å². The first-order valence-corrected chi connectivity index (χ1v) is 4.56. The first-order chi connectivity index (χ1) is 6.25. The lowest BCUT2D eigenvalue weighted by molar-refractivity contribution is 1.04. The third-order valence-electron chi connectivity index (χ3n) is 1.68.